The first-order valence-electron chi connectivity index (χ1n) is 6.96. The SMILES string of the molecule is CC1(C)C=C(c2ccncc2)c2cc(SC(F)(F)F)ccc2O1. The van der Waals surface area contributed by atoms with Crippen molar-refractivity contribution in [3.63, 3.8) is 0 Å². The van der Waals surface area contributed by atoms with Gasteiger partial charge in [0.25, 0.3) is 0 Å². The van der Waals surface area contributed by atoms with E-state index in [9.17, 15) is 13.2 Å². The van der Waals surface area contributed by atoms with Crippen molar-refractivity contribution in [2.24, 2.45) is 0 Å². The first-order valence-corrected chi connectivity index (χ1v) is 7.78. The maximum absolute atomic E-state index is 12.6. The summed E-state index contributed by atoms with van der Waals surface area (Å²) in [4.78, 5) is 4.13. The van der Waals surface area contributed by atoms with E-state index in [0.29, 0.717) is 11.3 Å². The van der Waals surface area contributed by atoms with Gasteiger partial charge in [-0.05, 0) is 73.2 Å². The first kappa shape index (κ1) is 15.9. The van der Waals surface area contributed by atoms with Crippen LogP contribution >= 0.6 is 11.8 Å². The highest BCUT2D eigenvalue weighted by Crippen LogP contribution is 2.43. The molecule has 1 aromatic carbocycles. The Balaban J connectivity index is 2.10. The van der Waals surface area contributed by atoms with Crippen LogP contribution in [-0.4, -0.2) is 16.1 Å². The highest BCUT2D eigenvalue weighted by atomic mass is 32.2. The van der Waals surface area contributed by atoms with Crippen molar-refractivity contribution in [1.82, 2.24) is 4.98 Å². The Bertz CT molecular complexity index is 754. The van der Waals surface area contributed by atoms with Crippen LogP contribution in [0, 0.1) is 0 Å². The quantitative estimate of drug-likeness (QED) is 0.695. The van der Waals surface area contributed by atoms with Crippen molar-refractivity contribution in [3.8, 4) is 5.75 Å². The van der Waals surface area contributed by atoms with Gasteiger partial charge in [-0.2, -0.15) is 13.2 Å². The maximum atomic E-state index is 12.6. The van der Waals surface area contributed by atoms with E-state index in [-0.39, 0.29) is 16.7 Å². The van der Waals surface area contributed by atoms with E-state index >= 15 is 0 Å². The molecule has 1 aliphatic rings. The smallest absolute Gasteiger partial charge is 0.446 e. The molecule has 0 spiro atoms. The van der Waals surface area contributed by atoms with Gasteiger partial charge in [-0.25, -0.2) is 0 Å². The number of aromatic nitrogens is 1. The lowest BCUT2D eigenvalue weighted by Gasteiger charge is -2.31. The monoisotopic (exact) mass is 337 g/mol. The number of hydrogen-bond acceptors (Lipinski definition) is 3. The fraction of sp³-hybridized carbons (Fsp3) is 0.235. The summed E-state index contributed by atoms with van der Waals surface area (Å²) in [5.41, 5.74) is -2.45. The molecule has 0 aliphatic carbocycles. The number of ether oxygens (including phenoxy) is 1. The molecule has 0 unspecified atom stereocenters. The Morgan fingerprint density at radius 2 is 1.78 bits per heavy atom. The van der Waals surface area contributed by atoms with Gasteiger partial charge in [-0.1, -0.05) is 0 Å². The van der Waals surface area contributed by atoms with Gasteiger partial charge in [-0.15, -0.1) is 0 Å². The van der Waals surface area contributed by atoms with E-state index < -0.39 is 11.1 Å². The van der Waals surface area contributed by atoms with Crippen molar-refractivity contribution in [3.05, 3.63) is 59.9 Å². The third-order valence-corrected chi connectivity index (χ3v) is 4.05. The Kier molecular flexibility index (Phi) is 3.88. The van der Waals surface area contributed by atoms with Crippen LogP contribution < -0.4 is 4.74 Å². The molecule has 0 atom stereocenters. The van der Waals surface area contributed by atoms with Gasteiger partial charge in [0.05, 0.1) is 0 Å². The third kappa shape index (κ3) is 3.69. The molecule has 6 heteroatoms. The van der Waals surface area contributed by atoms with E-state index in [4.69, 9.17) is 4.74 Å². The molecule has 0 fully saturated rings. The second-order valence-electron chi connectivity index (χ2n) is 5.71. The molecule has 23 heavy (non-hydrogen) atoms. The van der Waals surface area contributed by atoms with Crippen LogP contribution in [0.3, 0.4) is 0 Å². The number of benzene rings is 1. The lowest BCUT2D eigenvalue weighted by atomic mass is 9.90. The maximum Gasteiger partial charge on any atom is 0.446 e. The fourth-order valence-corrected chi connectivity index (χ4v) is 3.09. The van der Waals surface area contributed by atoms with Gasteiger partial charge >= 0.3 is 5.51 Å². The molecule has 0 N–H and O–H groups in total. The van der Waals surface area contributed by atoms with Gasteiger partial charge < -0.3 is 4.74 Å². The summed E-state index contributed by atoms with van der Waals surface area (Å²) >= 11 is -0.124. The molecule has 3 rings (SSSR count). The van der Waals surface area contributed by atoms with Crippen LogP contribution in [-0.2, 0) is 0 Å². The van der Waals surface area contributed by atoms with E-state index in [2.05, 4.69) is 4.98 Å². The Morgan fingerprint density at radius 3 is 2.43 bits per heavy atom. The largest absolute Gasteiger partial charge is 0.483 e. The minimum absolute atomic E-state index is 0.124. The van der Waals surface area contributed by atoms with Crippen molar-refractivity contribution >= 4 is 17.3 Å². The molecule has 120 valence electrons. The molecule has 0 radical (unpaired) electrons. The molecular weight excluding hydrogens is 323 g/mol. The van der Waals surface area contributed by atoms with Crippen molar-refractivity contribution in [1.29, 1.82) is 0 Å². The zero-order valence-electron chi connectivity index (χ0n) is 12.5. The minimum Gasteiger partial charge on any atom is -0.483 e. The highest BCUT2D eigenvalue weighted by Gasteiger charge is 2.31. The van der Waals surface area contributed by atoms with Crippen LogP contribution in [0.15, 0.2) is 53.7 Å². The average molecular weight is 337 g/mol. The van der Waals surface area contributed by atoms with Gasteiger partial charge in [0.1, 0.15) is 11.4 Å². The minimum atomic E-state index is -4.32. The molecule has 1 aromatic heterocycles. The number of hydrogen-bond donors (Lipinski definition) is 0. The van der Waals surface area contributed by atoms with Gasteiger partial charge in [0.2, 0.25) is 0 Å². The van der Waals surface area contributed by atoms with Gasteiger partial charge in [0, 0.05) is 22.9 Å². The number of pyridine rings is 1. The van der Waals surface area contributed by atoms with E-state index in [1.165, 1.54) is 12.1 Å². The molecule has 0 saturated carbocycles. The Hall–Kier alpha value is -1.95. The number of thioether (sulfide) groups is 1. The highest BCUT2D eigenvalue weighted by molar-refractivity contribution is 8.00. The Morgan fingerprint density at radius 1 is 1.09 bits per heavy atom. The standard InChI is InChI=1S/C17H14F3NOS/c1-16(2)10-14(11-5-7-21-8-6-11)13-9-12(23-17(18,19)20)3-4-15(13)22-16/h3-10H,1-2H3. The number of halogens is 3. The van der Waals surface area contributed by atoms with Crippen LogP contribution in [0.25, 0.3) is 5.57 Å². The zero-order valence-corrected chi connectivity index (χ0v) is 13.3. The summed E-state index contributed by atoms with van der Waals surface area (Å²) in [5.74, 6) is 0.579. The van der Waals surface area contributed by atoms with E-state index in [1.807, 2.05) is 32.1 Å². The Labute approximate surface area is 136 Å². The number of nitrogens with zero attached hydrogens (tertiary/aromatic N) is 1. The topological polar surface area (TPSA) is 22.1 Å². The van der Waals surface area contributed by atoms with Crippen molar-refractivity contribution < 1.29 is 17.9 Å². The van der Waals surface area contributed by atoms with Gasteiger partial charge in [0.15, 0.2) is 0 Å². The van der Waals surface area contributed by atoms with E-state index in [1.54, 1.807) is 18.5 Å². The first-order chi connectivity index (χ1) is 10.7. The molecule has 1 aliphatic heterocycles. The van der Waals surface area contributed by atoms with Crippen molar-refractivity contribution in [2.45, 2.75) is 29.9 Å². The summed E-state index contributed by atoms with van der Waals surface area (Å²) in [6.45, 7) is 3.82. The summed E-state index contributed by atoms with van der Waals surface area (Å²) in [7, 11) is 0. The molecule has 0 amide bonds. The molecule has 2 heterocycles. The second-order valence-corrected chi connectivity index (χ2v) is 6.84. The third-order valence-electron chi connectivity index (χ3n) is 3.33. The molecular formula is C17H14F3NOS. The fourth-order valence-electron chi connectivity index (χ4n) is 2.51. The molecule has 0 bridgehead atoms. The average Bonchev–Trinajstić information content (AvgIpc) is 2.45. The normalized spacial score (nSPS) is 16.3. The predicted molar refractivity (Wildman–Crippen MR) is 84.4 cm³/mol. The molecule has 0 saturated heterocycles. The molecule has 2 nitrogen and oxygen atoms in total. The predicted octanol–water partition coefficient (Wildman–Crippen LogP) is 5.30. The lowest BCUT2D eigenvalue weighted by molar-refractivity contribution is -0.0328. The number of alkyl halides is 3. The summed E-state index contributed by atoms with van der Waals surface area (Å²) < 4.78 is 43.7. The lowest BCUT2D eigenvalue weighted by Crippen LogP contribution is -2.29. The van der Waals surface area contributed by atoms with Crippen molar-refractivity contribution in [2.75, 3.05) is 0 Å². The molecule has 2 aromatic rings. The second kappa shape index (κ2) is 5.60. The van der Waals surface area contributed by atoms with E-state index in [0.717, 1.165) is 11.1 Å². The van der Waals surface area contributed by atoms with Gasteiger partial charge in [-0.3, -0.25) is 4.98 Å². The summed E-state index contributed by atoms with van der Waals surface area (Å²) in [6, 6.07) is 8.22. The summed E-state index contributed by atoms with van der Waals surface area (Å²) in [5, 5.41) is 0. The van der Waals surface area contributed by atoms with Crippen LogP contribution in [0.1, 0.15) is 25.0 Å². The zero-order chi connectivity index (χ0) is 16.7. The van der Waals surface area contributed by atoms with Crippen LogP contribution in [0.2, 0.25) is 0 Å². The number of fused-ring (bicyclic) bond motifs is 1. The number of rotatable bonds is 2. The van der Waals surface area contributed by atoms with Crippen LogP contribution in [0.5, 0.6) is 5.75 Å². The van der Waals surface area contributed by atoms with Crippen LogP contribution in [0.4, 0.5) is 13.2 Å². The summed E-state index contributed by atoms with van der Waals surface area (Å²) in [6.07, 6.45) is 5.24.